The molecule has 35 nitrogen and oxygen atoms in total. The maximum Gasteiger partial charge on any atom is 0.407 e. The number of fused-ring (bicyclic) bond motifs is 5. The summed E-state index contributed by atoms with van der Waals surface area (Å²) in [5, 5.41) is 75.8. The number of thiophene rings is 5. The number of halogens is 3. The van der Waals surface area contributed by atoms with Crippen LogP contribution in [0.2, 0.25) is 10.6 Å². The Bertz CT molecular complexity index is 7810. The van der Waals surface area contributed by atoms with Crippen LogP contribution in [-0.4, -0.2) is 156 Å². The number of alkyl halides is 1. The molecule has 0 bridgehead atoms. The predicted molar refractivity (Wildman–Crippen MR) is 589 cm³/mol. The van der Waals surface area contributed by atoms with Gasteiger partial charge in [-0.15, -0.1) is 56.7 Å². The highest BCUT2D eigenvalue weighted by Crippen LogP contribution is 2.34. The van der Waals surface area contributed by atoms with E-state index in [1.807, 2.05) is 131 Å². The van der Waals surface area contributed by atoms with Gasteiger partial charge in [0.05, 0.1) is 125 Å². The molecular formula is C107H108BrCl2N21O14S5. The fourth-order valence-electron chi connectivity index (χ4n) is 17.1. The van der Waals surface area contributed by atoms with Gasteiger partial charge in [-0.05, 0) is 225 Å². The minimum absolute atomic E-state index is 0.0267. The van der Waals surface area contributed by atoms with Crippen LogP contribution in [0.15, 0.2) is 176 Å². The average Bonchev–Trinajstić information content (AvgIpc) is 1.55. The number of benzene rings is 5. The van der Waals surface area contributed by atoms with E-state index in [2.05, 4.69) is 84.0 Å². The molecule has 1 unspecified atom stereocenters. The summed E-state index contributed by atoms with van der Waals surface area (Å²) in [6.45, 7) is 24.6. The molecule has 3 fully saturated rings. The van der Waals surface area contributed by atoms with Crippen LogP contribution in [0, 0.1) is 56.7 Å². The number of anilines is 3. The summed E-state index contributed by atoms with van der Waals surface area (Å²) >= 11 is 22.2. The number of ether oxygens (including phenoxy) is 3. The number of rotatable bonds is 21. The standard InChI is InChI=1S/C26H31N5O3S.C25H27N5O5S.C25H29N5O4S.C16H12ClN3OS.C15H9BrClN3OS/c1-5-20-13-21-22(35-20)23(32)31(15-18-10-7-6-9-17(18)14-27)24(29-21)30-12-8-11-19(16-30)28-25(33)34-26(2,3)4;1-25(2,3)35-24(34)27-17-9-6-10-29(14-17)23-28-18-11-19(22(32)33)36-20(18)21(31)30(23)13-16-8-5-4-7-15(16)12-26;1-25(2,3)34-24(33)27-18-9-6-10-29(14-18)23-28-20-11-19(15-31)35-21(20)22(32)30(23)13-17-8-5-4-7-16(17)12-26;1-2-12-7-13-14(22-12)15(21)20(16(17)19-13)9-11-6-4-3-5-10(11)8-18;16-6-11-5-12-13(22-11)14(21)20(15(17)19-12)8-10-4-2-1-3-9(10)7-18/h6-7,9-10,13,19H,5,8,11-12,15-16H2,1-4H3,(H,28,33);4-5,7-8,11,17H,6,9-10,13-14H2,1-3H3,(H,27,34)(H,32,33);4-5,7-8,11,18,31H,6,9-10,13-15H2,1-3H3,(H,27,33);3-7H,2,9H2,1H3;1-5H,6,8H2/t;17-;18-;;/m.11../s1. The summed E-state index contributed by atoms with van der Waals surface area (Å²) in [5.74, 6) is 0.283. The first-order chi connectivity index (χ1) is 71.7. The first kappa shape index (κ1) is 111. The molecule has 3 amide bonds. The van der Waals surface area contributed by atoms with Crippen molar-refractivity contribution in [3.8, 4) is 30.3 Å². The minimum atomic E-state index is -1.13. The average molecular weight is 2220 g/mol. The van der Waals surface area contributed by atoms with Gasteiger partial charge in [-0.25, -0.2) is 44.1 Å². The number of alkyl carbamates (subject to hydrolysis) is 3. The topological polar surface area (TPSA) is 476 Å². The van der Waals surface area contributed by atoms with Gasteiger partial charge >= 0.3 is 24.2 Å². The van der Waals surface area contributed by atoms with Crippen LogP contribution in [-0.2, 0) is 71.7 Å². The number of aryl methyl sites for hydroxylation is 2. The van der Waals surface area contributed by atoms with Crippen LogP contribution < -0.4 is 58.4 Å². The number of nitriles is 5. The van der Waals surface area contributed by atoms with Crippen LogP contribution >= 0.6 is 95.8 Å². The molecule has 10 aromatic heterocycles. The number of carbonyl (C=O) groups is 4. The van der Waals surface area contributed by atoms with Gasteiger partial charge in [0.2, 0.25) is 28.4 Å². The second-order valence-corrected chi connectivity index (χ2v) is 45.3. The Morgan fingerprint density at radius 2 is 0.647 bits per heavy atom. The number of aliphatic hydroxyl groups excluding tert-OH is 1. The Labute approximate surface area is 901 Å². The minimum Gasteiger partial charge on any atom is -0.477 e. The van der Waals surface area contributed by atoms with E-state index >= 15 is 0 Å². The lowest BCUT2D eigenvalue weighted by Crippen LogP contribution is -2.50. The van der Waals surface area contributed by atoms with Crippen molar-refractivity contribution >= 4 is 189 Å². The van der Waals surface area contributed by atoms with Gasteiger partial charge < -0.3 is 55.1 Å². The SMILES string of the molecule is CC(C)(C)OC(=O)N[C@@H]1CCCN(c2nc3cc(C(=O)O)sc3c(=O)n2Cc2ccccc2C#N)C1.CC(C)(C)OC(=O)N[C@@H]1CCCN(c2nc3cc(CO)sc3c(=O)n2Cc2ccccc2C#N)C1.CCc1cc2nc(Cl)n(Cc3ccccc3C#N)c(=O)c2s1.CCc1cc2nc(N3CCCC(NC(=O)OC(C)(C)C)C3)n(Cc3ccccc3C#N)c(=O)c2s1.N#Cc1ccccc1Cn1c(Cl)nc2cc(CBr)sc2c1=O. The number of amides is 3. The van der Waals surface area contributed by atoms with Crippen molar-refractivity contribution in [3.05, 3.63) is 294 Å². The van der Waals surface area contributed by atoms with E-state index in [0.29, 0.717) is 141 Å². The molecule has 3 aliphatic rings. The van der Waals surface area contributed by atoms with Crippen molar-refractivity contribution in [2.75, 3.05) is 54.0 Å². The first-order valence-electron chi connectivity index (χ1n) is 48.2. The molecule has 0 spiro atoms. The van der Waals surface area contributed by atoms with Crippen molar-refractivity contribution in [2.24, 2.45) is 0 Å². The highest BCUT2D eigenvalue weighted by atomic mass is 79.9. The number of aromatic carboxylic acids is 1. The zero-order chi connectivity index (χ0) is 108. The quantitative estimate of drug-likeness (QED) is 0.0253. The van der Waals surface area contributed by atoms with E-state index in [9.17, 15) is 69.1 Å². The summed E-state index contributed by atoms with van der Waals surface area (Å²) in [6.07, 6.45) is 4.98. The van der Waals surface area contributed by atoms with Gasteiger partial charge in [-0.2, -0.15) is 26.3 Å². The summed E-state index contributed by atoms with van der Waals surface area (Å²) in [4.78, 5) is 148. The highest BCUT2D eigenvalue weighted by Gasteiger charge is 2.34. The molecule has 150 heavy (non-hydrogen) atoms. The van der Waals surface area contributed by atoms with Gasteiger partial charge in [0.15, 0.2) is 0 Å². The Morgan fingerprint density at radius 3 is 0.927 bits per heavy atom. The summed E-state index contributed by atoms with van der Waals surface area (Å²) in [6, 6.07) is 55.0. The van der Waals surface area contributed by atoms with E-state index in [1.165, 1.54) is 65.1 Å². The summed E-state index contributed by atoms with van der Waals surface area (Å²) < 4.78 is 26.3. The summed E-state index contributed by atoms with van der Waals surface area (Å²) in [5.41, 5.74) is 6.13. The Kier molecular flexibility index (Phi) is 36.5. The van der Waals surface area contributed by atoms with Crippen LogP contribution in [0.25, 0.3) is 51.1 Å². The molecule has 3 aliphatic heterocycles. The van der Waals surface area contributed by atoms with Crippen molar-refractivity contribution in [1.29, 1.82) is 26.3 Å². The molecule has 18 rings (SSSR count). The van der Waals surface area contributed by atoms with E-state index in [-0.39, 0.29) is 105 Å². The zero-order valence-corrected chi connectivity index (χ0v) is 91.2. The number of piperidine rings is 3. The third-order valence-electron chi connectivity index (χ3n) is 24.0. The van der Waals surface area contributed by atoms with E-state index in [4.69, 9.17) is 62.9 Å². The lowest BCUT2D eigenvalue weighted by atomic mass is 10.1. The third-order valence-corrected chi connectivity index (χ3v) is 31.4. The van der Waals surface area contributed by atoms with E-state index in [1.54, 1.807) is 103 Å². The van der Waals surface area contributed by atoms with Gasteiger partial charge in [0.1, 0.15) is 45.2 Å². The number of aromatic nitrogens is 10. The molecule has 776 valence electrons. The molecule has 0 aliphatic carbocycles. The molecule has 5 N–H and O–H groups in total. The molecule has 43 heteroatoms. The molecule has 13 heterocycles. The third kappa shape index (κ3) is 27.6. The zero-order valence-electron chi connectivity index (χ0n) is 84.0. The van der Waals surface area contributed by atoms with Crippen LogP contribution in [0.5, 0.6) is 0 Å². The van der Waals surface area contributed by atoms with Crippen molar-refractivity contribution in [1.82, 2.24) is 63.7 Å². The molecular weight excluding hydrogens is 2110 g/mol. The summed E-state index contributed by atoms with van der Waals surface area (Å²) in [7, 11) is 0. The van der Waals surface area contributed by atoms with Crippen LogP contribution in [0.3, 0.4) is 0 Å². The molecule has 0 radical (unpaired) electrons. The number of carbonyl (C=O) groups excluding carboxylic acids is 3. The van der Waals surface area contributed by atoms with Crippen molar-refractivity contribution in [2.45, 2.75) is 207 Å². The van der Waals surface area contributed by atoms with Crippen LogP contribution in [0.4, 0.5) is 32.2 Å². The van der Waals surface area contributed by atoms with Gasteiger partial charge in [-0.3, -0.25) is 46.8 Å². The van der Waals surface area contributed by atoms with Gasteiger partial charge in [-0.1, -0.05) is 121 Å². The normalized spacial score (nSPS) is 14.5. The molecule has 0 saturated carbocycles. The smallest absolute Gasteiger partial charge is 0.407 e. The Morgan fingerprint density at radius 1 is 0.393 bits per heavy atom. The molecule has 15 aromatic rings. The van der Waals surface area contributed by atoms with E-state index < -0.39 is 41.1 Å². The molecule has 3 saturated heterocycles. The second-order valence-electron chi connectivity index (χ2n) is 38.4. The number of hydrogen-bond donors (Lipinski definition) is 5. The predicted octanol–water partition coefficient (Wildman–Crippen LogP) is 18.9. The number of carboxylic acids is 1. The number of nitrogens with one attached hydrogen (secondary N) is 3. The lowest BCUT2D eigenvalue weighted by Gasteiger charge is -2.35. The Balaban J connectivity index is 0.000000150. The lowest BCUT2D eigenvalue weighted by molar-refractivity contribution is 0.0488. The van der Waals surface area contributed by atoms with Gasteiger partial charge in [0.25, 0.3) is 27.8 Å². The Hall–Kier alpha value is -14.6. The molecule has 3 atom stereocenters. The maximum absolute atomic E-state index is 13.7. The molecule has 5 aromatic carbocycles. The first-order valence-corrected chi connectivity index (χ1v) is 54.2. The number of nitrogens with zero attached hydrogens (tertiary/aromatic N) is 18. The number of carboxylic acid groups (broad SMARTS) is 1. The number of aliphatic hydroxyl groups is 1. The monoisotopic (exact) mass is 2220 g/mol. The van der Waals surface area contributed by atoms with Crippen LogP contribution in [0.1, 0.15) is 200 Å². The van der Waals surface area contributed by atoms with Crippen molar-refractivity contribution in [3.63, 3.8) is 0 Å². The highest BCUT2D eigenvalue weighted by molar-refractivity contribution is 9.08. The fourth-order valence-corrected chi connectivity index (χ4v) is 22.7. The van der Waals surface area contributed by atoms with Gasteiger partial charge in [0, 0.05) is 82.2 Å². The maximum atomic E-state index is 13.7. The number of hydrogen-bond acceptors (Lipinski definition) is 31. The largest absolute Gasteiger partial charge is 0.477 e. The van der Waals surface area contributed by atoms with Crippen molar-refractivity contribution < 1.29 is 43.6 Å². The fraction of sp³-hybridized carbons (Fsp3) is 0.355. The second kappa shape index (κ2) is 49.3. The van der Waals surface area contributed by atoms with E-state index in [0.717, 1.165) is 106 Å².